The maximum Gasteiger partial charge on any atom is 0.328 e. The van der Waals surface area contributed by atoms with Gasteiger partial charge in [0.25, 0.3) is 5.91 Å². The molecule has 178 valence electrons. The van der Waals surface area contributed by atoms with Crippen molar-refractivity contribution < 1.29 is 14.3 Å². The average molecular weight is 483 g/mol. The van der Waals surface area contributed by atoms with Crippen LogP contribution in [0.2, 0.25) is 5.02 Å². The van der Waals surface area contributed by atoms with Crippen LogP contribution in [0.1, 0.15) is 17.5 Å². The molecule has 0 bridgehead atoms. The number of halogens is 1. The van der Waals surface area contributed by atoms with Gasteiger partial charge in [-0.25, -0.2) is 4.79 Å². The first kappa shape index (κ1) is 22.6. The molecule has 3 amide bonds. The summed E-state index contributed by atoms with van der Waals surface area (Å²) < 4.78 is 5.21. The first-order valence-corrected chi connectivity index (χ1v) is 11.6. The van der Waals surface area contributed by atoms with Crippen LogP contribution in [0, 0.1) is 0 Å². The molecule has 2 aromatic carbocycles. The van der Waals surface area contributed by atoms with E-state index in [0.717, 1.165) is 36.4 Å². The van der Waals surface area contributed by atoms with E-state index in [-0.39, 0.29) is 24.8 Å². The van der Waals surface area contributed by atoms with Gasteiger partial charge in [-0.1, -0.05) is 29.8 Å². The summed E-state index contributed by atoms with van der Waals surface area (Å²) in [4.78, 5) is 31.7. The van der Waals surface area contributed by atoms with Gasteiger partial charge in [0.2, 0.25) is 0 Å². The van der Waals surface area contributed by atoms with Crippen molar-refractivity contribution in [1.82, 2.24) is 25.0 Å². The van der Waals surface area contributed by atoms with Gasteiger partial charge in [0.1, 0.15) is 18.0 Å². The molecule has 9 nitrogen and oxygen atoms in total. The van der Waals surface area contributed by atoms with E-state index in [0.29, 0.717) is 5.02 Å². The number of fused-ring (bicyclic) bond motifs is 3. The zero-order valence-electron chi connectivity index (χ0n) is 19.1. The van der Waals surface area contributed by atoms with E-state index in [9.17, 15) is 9.59 Å². The highest BCUT2D eigenvalue weighted by Gasteiger charge is 2.56. The Hall–Kier alpha value is -3.14. The molecule has 5 rings (SSSR count). The molecule has 0 aliphatic carbocycles. The summed E-state index contributed by atoms with van der Waals surface area (Å²) in [6, 6.07) is 14.1. The minimum absolute atomic E-state index is 0.142. The van der Waals surface area contributed by atoms with Crippen LogP contribution in [-0.2, 0) is 11.3 Å². The van der Waals surface area contributed by atoms with Crippen molar-refractivity contribution in [1.29, 1.82) is 0 Å². The normalized spacial score (nSPS) is 25.1. The molecule has 10 heteroatoms. The maximum atomic E-state index is 13.6. The summed E-state index contributed by atoms with van der Waals surface area (Å²) in [5, 5.41) is 10.6. The summed E-state index contributed by atoms with van der Waals surface area (Å²) >= 11 is 6.30. The lowest BCUT2D eigenvalue weighted by molar-refractivity contribution is -0.140. The van der Waals surface area contributed by atoms with Crippen molar-refractivity contribution in [2.24, 2.45) is 5.10 Å². The number of carbonyl (C=O) groups excluding carboxylic acids is 2. The molecule has 3 aliphatic heterocycles. The second-order valence-electron chi connectivity index (χ2n) is 8.61. The van der Waals surface area contributed by atoms with Crippen molar-refractivity contribution in [3.05, 3.63) is 64.7 Å². The number of rotatable bonds is 5. The monoisotopic (exact) mass is 482 g/mol. The first-order chi connectivity index (χ1) is 16.5. The highest BCUT2D eigenvalue weighted by atomic mass is 35.5. The van der Waals surface area contributed by atoms with Crippen LogP contribution in [0.3, 0.4) is 0 Å². The molecule has 34 heavy (non-hydrogen) atoms. The maximum absolute atomic E-state index is 13.6. The number of benzene rings is 2. The van der Waals surface area contributed by atoms with Crippen molar-refractivity contribution in [3.8, 4) is 5.75 Å². The van der Waals surface area contributed by atoms with Gasteiger partial charge in [-0.2, -0.15) is 5.10 Å². The third kappa shape index (κ3) is 4.00. The van der Waals surface area contributed by atoms with Crippen LogP contribution >= 0.6 is 11.6 Å². The molecule has 3 saturated heterocycles. The van der Waals surface area contributed by atoms with Crippen LogP contribution in [0.4, 0.5) is 4.79 Å². The Bertz CT molecular complexity index is 1110. The number of hydrazone groups is 1. The Morgan fingerprint density at radius 3 is 2.65 bits per heavy atom. The third-order valence-corrected chi connectivity index (χ3v) is 6.97. The van der Waals surface area contributed by atoms with Crippen molar-refractivity contribution >= 4 is 29.8 Å². The number of urea groups is 1. The van der Waals surface area contributed by atoms with Gasteiger partial charge in [-0.15, -0.1) is 0 Å². The number of amides is 3. The first-order valence-electron chi connectivity index (χ1n) is 11.3. The second-order valence-corrected chi connectivity index (χ2v) is 9.02. The summed E-state index contributed by atoms with van der Waals surface area (Å²) in [5.74, 6) is 0.569. The van der Waals surface area contributed by atoms with Gasteiger partial charge >= 0.3 is 6.03 Å². The predicted molar refractivity (Wildman–Crippen MR) is 128 cm³/mol. The predicted octanol–water partition coefficient (Wildman–Crippen LogP) is 2.37. The zero-order valence-corrected chi connectivity index (χ0v) is 19.9. The van der Waals surface area contributed by atoms with E-state index in [2.05, 4.69) is 10.2 Å². The van der Waals surface area contributed by atoms with E-state index in [1.807, 2.05) is 47.5 Å². The lowest BCUT2D eigenvalue weighted by Gasteiger charge is -2.42. The molecule has 3 atom stereocenters. The van der Waals surface area contributed by atoms with Gasteiger partial charge < -0.3 is 9.64 Å². The fourth-order valence-corrected chi connectivity index (χ4v) is 4.98. The standard InChI is InChI=1S/C24H27ClN6O3/c1-28-21-20(22(32)30(24(28)33)15-17-6-3-4-7-19(17)25)29-12-5-13-31(23(29)27-21)26-14-16-8-10-18(34-2)11-9-16/h3-4,6-11,14,20-21,23,27H,5,12-13,15H2,1-2H3/b26-14+. The smallest absolute Gasteiger partial charge is 0.328 e. The molecule has 3 heterocycles. The van der Waals surface area contributed by atoms with Crippen LogP contribution in [0.15, 0.2) is 53.6 Å². The van der Waals surface area contributed by atoms with Gasteiger partial charge in [-0.05, 0) is 47.9 Å². The lowest BCUT2D eigenvalue weighted by Crippen LogP contribution is -2.66. The molecule has 3 fully saturated rings. The number of ether oxygens (including phenoxy) is 1. The molecule has 3 aliphatic rings. The molecule has 0 radical (unpaired) electrons. The molecular formula is C24H27ClN6O3. The lowest BCUT2D eigenvalue weighted by atomic mass is 10.1. The van der Waals surface area contributed by atoms with Gasteiger partial charge in [0, 0.05) is 25.2 Å². The van der Waals surface area contributed by atoms with Gasteiger partial charge in [0.05, 0.1) is 19.9 Å². The summed E-state index contributed by atoms with van der Waals surface area (Å²) in [5.41, 5.74) is 1.69. The van der Waals surface area contributed by atoms with Crippen LogP contribution in [0.25, 0.3) is 0 Å². The number of methoxy groups -OCH3 is 1. The van der Waals surface area contributed by atoms with Crippen LogP contribution in [-0.4, -0.2) is 83.6 Å². The largest absolute Gasteiger partial charge is 0.497 e. The van der Waals surface area contributed by atoms with E-state index in [1.54, 1.807) is 31.3 Å². The molecule has 0 spiro atoms. The third-order valence-electron chi connectivity index (χ3n) is 6.60. The topological polar surface area (TPSA) is 80.7 Å². The van der Waals surface area contributed by atoms with Crippen molar-refractivity contribution in [2.75, 3.05) is 27.2 Å². The number of imide groups is 1. The molecule has 0 aromatic heterocycles. The van der Waals surface area contributed by atoms with Crippen molar-refractivity contribution in [2.45, 2.75) is 31.5 Å². The summed E-state index contributed by atoms with van der Waals surface area (Å²) in [7, 11) is 3.36. The minimum atomic E-state index is -0.492. The van der Waals surface area contributed by atoms with E-state index in [4.69, 9.17) is 21.4 Å². The number of hydrogen-bond donors (Lipinski definition) is 1. The summed E-state index contributed by atoms with van der Waals surface area (Å²) in [6.07, 6.45) is 1.95. The second kappa shape index (κ2) is 9.25. The molecule has 0 saturated carbocycles. The Balaban J connectivity index is 1.36. The Kier molecular flexibility index (Phi) is 6.16. The zero-order chi connectivity index (χ0) is 23.8. The highest BCUT2D eigenvalue weighted by molar-refractivity contribution is 6.31. The number of hydrogen-bond acceptors (Lipinski definition) is 7. The van der Waals surface area contributed by atoms with Gasteiger partial charge in [0.15, 0.2) is 6.29 Å². The van der Waals surface area contributed by atoms with E-state index >= 15 is 0 Å². The van der Waals surface area contributed by atoms with E-state index < -0.39 is 12.2 Å². The Morgan fingerprint density at radius 2 is 1.91 bits per heavy atom. The number of nitrogens with zero attached hydrogens (tertiary/aromatic N) is 5. The molecule has 3 unspecified atom stereocenters. The van der Waals surface area contributed by atoms with Crippen LogP contribution in [0.5, 0.6) is 5.75 Å². The molecule has 1 N–H and O–H groups in total. The van der Waals surface area contributed by atoms with Crippen LogP contribution < -0.4 is 10.1 Å². The minimum Gasteiger partial charge on any atom is -0.497 e. The van der Waals surface area contributed by atoms with Crippen molar-refractivity contribution in [3.63, 3.8) is 0 Å². The summed E-state index contributed by atoms with van der Waals surface area (Å²) in [6.45, 7) is 1.62. The highest BCUT2D eigenvalue weighted by Crippen LogP contribution is 2.32. The van der Waals surface area contributed by atoms with Gasteiger partial charge in [-0.3, -0.25) is 24.9 Å². The number of carbonyl (C=O) groups is 2. The Labute approximate surface area is 203 Å². The van der Waals surface area contributed by atoms with E-state index in [1.165, 1.54) is 4.90 Å². The quantitative estimate of drug-likeness (QED) is 0.659. The SMILES string of the molecule is COc1ccc(/C=N/N2CCCN3C4C(=O)N(Cc5ccccc5Cl)C(=O)N(C)C4NC23)cc1. The fourth-order valence-electron chi connectivity index (χ4n) is 4.79. The fraction of sp³-hybridized carbons (Fsp3) is 0.375. The average Bonchev–Trinajstić information content (AvgIpc) is 3.26. The molecular weight excluding hydrogens is 456 g/mol. The number of nitrogens with one attached hydrogen (secondary N) is 1. The molecule has 2 aromatic rings. The Morgan fingerprint density at radius 1 is 1.15 bits per heavy atom. The number of likely N-dealkylation sites (N-methyl/N-ethyl adjacent to an activating group) is 1.